The average molecular weight is 278 g/mol. The van der Waals surface area contributed by atoms with Crippen LogP contribution in [-0.4, -0.2) is 6.04 Å². The number of benzene rings is 1. The van der Waals surface area contributed by atoms with Gasteiger partial charge < -0.3 is 5.32 Å². The van der Waals surface area contributed by atoms with Crippen molar-refractivity contribution in [3.63, 3.8) is 0 Å². The van der Waals surface area contributed by atoms with Crippen molar-refractivity contribution in [2.24, 2.45) is 5.92 Å². The molecule has 0 aliphatic heterocycles. The summed E-state index contributed by atoms with van der Waals surface area (Å²) < 4.78 is 0. The van der Waals surface area contributed by atoms with Crippen molar-refractivity contribution >= 4 is 11.6 Å². The number of aryl methyl sites for hydroxylation is 1. The van der Waals surface area contributed by atoms with Crippen LogP contribution in [-0.2, 0) is 6.42 Å². The average Bonchev–Trinajstić information content (AvgIpc) is 2.82. The third kappa shape index (κ3) is 2.98. The van der Waals surface area contributed by atoms with Gasteiger partial charge in [0.1, 0.15) is 0 Å². The number of hydrogen-bond acceptors (Lipinski definition) is 1. The van der Waals surface area contributed by atoms with Crippen LogP contribution in [0.4, 0.5) is 0 Å². The van der Waals surface area contributed by atoms with Crippen molar-refractivity contribution in [1.82, 2.24) is 5.32 Å². The molecule has 1 aromatic carbocycles. The van der Waals surface area contributed by atoms with Gasteiger partial charge in [-0.2, -0.15) is 0 Å². The molecule has 0 radical (unpaired) electrons. The smallest absolute Gasteiger partial charge is 0.0408 e. The van der Waals surface area contributed by atoms with Crippen molar-refractivity contribution < 1.29 is 0 Å². The van der Waals surface area contributed by atoms with E-state index in [2.05, 4.69) is 24.4 Å². The fourth-order valence-electron chi connectivity index (χ4n) is 3.85. The SMILES string of the molecule is CC(NC1CCc2cc(Cl)ccc21)C1CCCCC1. The van der Waals surface area contributed by atoms with Crippen molar-refractivity contribution in [3.8, 4) is 0 Å². The molecule has 0 saturated heterocycles. The number of rotatable bonds is 3. The summed E-state index contributed by atoms with van der Waals surface area (Å²) in [5.74, 6) is 0.880. The molecule has 104 valence electrons. The molecule has 2 aliphatic rings. The maximum Gasteiger partial charge on any atom is 0.0408 e. The van der Waals surface area contributed by atoms with E-state index in [0.717, 1.165) is 10.9 Å². The third-order valence-corrected chi connectivity index (χ3v) is 5.24. The number of halogens is 1. The van der Waals surface area contributed by atoms with E-state index in [-0.39, 0.29) is 0 Å². The van der Waals surface area contributed by atoms with Gasteiger partial charge in [-0.05, 0) is 61.8 Å². The van der Waals surface area contributed by atoms with Gasteiger partial charge in [0.25, 0.3) is 0 Å². The molecule has 1 N–H and O–H groups in total. The zero-order valence-corrected chi connectivity index (χ0v) is 12.5. The molecule has 3 rings (SSSR count). The Labute approximate surface area is 121 Å². The summed E-state index contributed by atoms with van der Waals surface area (Å²) in [6, 6.07) is 7.59. The minimum Gasteiger partial charge on any atom is -0.307 e. The summed E-state index contributed by atoms with van der Waals surface area (Å²) in [4.78, 5) is 0. The third-order valence-electron chi connectivity index (χ3n) is 5.00. The van der Waals surface area contributed by atoms with Crippen LogP contribution in [0.1, 0.15) is 62.6 Å². The molecule has 2 heteroatoms. The van der Waals surface area contributed by atoms with E-state index >= 15 is 0 Å². The van der Waals surface area contributed by atoms with Gasteiger partial charge in [0.05, 0.1) is 0 Å². The van der Waals surface area contributed by atoms with Gasteiger partial charge in [0.15, 0.2) is 0 Å². The highest BCUT2D eigenvalue weighted by molar-refractivity contribution is 6.30. The summed E-state index contributed by atoms with van der Waals surface area (Å²) in [6.07, 6.45) is 9.51. The Balaban J connectivity index is 1.65. The molecule has 1 fully saturated rings. The van der Waals surface area contributed by atoms with Crippen LogP contribution in [0.25, 0.3) is 0 Å². The first kappa shape index (κ1) is 13.5. The number of fused-ring (bicyclic) bond motifs is 1. The van der Waals surface area contributed by atoms with E-state index in [9.17, 15) is 0 Å². The lowest BCUT2D eigenvalue weighted by Gasteiger charge is -2.31. The van der Waals surface area contributed by atoms with Crippen LogP contribution in [0.5, 0.6) is 0 Å². The molecule has 2 atom stereocenters. The topological polar surface area (TPSA) is 12.0 Å². The zero-order chi connectivity index (χ0) is 13.2. The molecule has 2 unspecified atom stereocenters. The summed E-state index contributed by atoms with van der Waals surface area (Å²) >= 11 is 6.08. The van der Waals surface area contributed by atoms with Crippen molar-refractivity contribution in [1.29, 1.82) is 0 Å². The van der Waals surface area contributed by atoms with E-state index in [1.807, 2.05) is 6.07 Å². The lowest BCUT2D eigenvalue weighted by Crippen LogP contribution is -2.36. The predicted molar refractivity (Wildman–Crippen MR) is 81.7 cm³/mol. The first-order chi connectivity index (χ1) is 9.24. The molecule has 2 aliphatic carbocycles. The molecule has 1 aromatic rings. The molecule has 0 bridgehead atoms. The second-order valence-corrected chi connectivity index (χ2v) is 6.72. The quantitative estimate of drug-likeness (QED) is 0.830. The van der Waals surface area contributed by atoms with Gasteiger partial charge in [-0.15, -0.1) is 0 Å². The molecule has 1 nitrogen and oxygen atoms in total. The molecule has 0 spiro atoms. The highest BCUT2D eigenvalue weighted by atomic mass is 35.5. The first-order valence-electron chi connectivity index (χ1n) is 7.78. The lowest BCUT2D eigenvalue weighted by molar-refractivity contribution is 0.264. The van der Waals surface area contributed by atoms with Gasteiger partial charge in [-0.25, -0.2) is 0 Å². The minimum absolute atomic E-state index is 0.546. The van der Waals surface area contributed by atoms with Crippen molar-refractivity contribution in [2.45, 2.75) is 64.0 Å². The molecule has 19 heavy (non-hydrogen) atoms. The molecule has 0 heterocycles. The summed E-state index contributed by atoms with van der Waals surface area (Å²) in [5.41, 5.74) is 2.92. The van der Waals surface area contributed by atoms with Crippen molar-refractivity contribution in [3.05, 3.63) is 34.3 Å². The summed E-state index contributed by atoms with van der Waals surface area (Å²) in [5, 5.41) is 4.76. The van der Waals surface area contributed by atoms with Crippen LogP contribution < -0.4 is 5.32 Å². The predicted octanol–water partition coefficient (Wildman–Crippen LogP) is 4.89. The van der Waals surface area contributed by atoms with Gasteiger partial charge >= 0.3 is 0 Å². The Morgan fingerprint density at radius 3 is 2.74 bits per heavy atom. The largest absolute Gasteiger partial charge is 0.307 e. The van der Waals surface area contributed by atoms with E-state index in [4.69, 9.17) is 11.6 Å². The number of nitrogens with one attached hydrogen (secondary N) is 1. The minimum atomic E-state index is 0.546. The Morgan fingerprint density at radius 1 is 1.16 bits per heavy atom. The fraction of sp³-hybridized carbons (Fsp3) is 0.647. The zero-order valence-electron chi connectivity index (χ0n) is 11.8. The van der Waals surface area contributed by atoms with Gasteiger partial charge in [-0.1, -0.05) is 36.9 Å². The second-order valence-electron chi connectivity index (χ2n) is 6.29. The Bertz CT molecular complexity index is 437. The monoisotopic (exact) mass is 277 g/mol. The van der Waals surface area contributed by atoms with Crippen LogP contribution in [0.2, 0.25) is 5.02 Å². The summed E-state index contributed by atoms with van der Waals surface area (Å²) in [7, 11) is 0. The molecular formula is C17H24ClN. The maximum absolute atomic E-state index is 6.08. The Morgan fingerprint density at radius 2 is 1.95 bits per heavy atom. The highest BCUT2D eigenvalue weighted by Gasteiger charge is 2.27. The van der Waals surface area contributed by atoms with Crippen LogP contribution in [0, 0.1) is 5.92 Å². The molecule has 0 aromatic heterocycles. The van der Waals surface area contributed by atoms with Gasteiger partial charge in [-0.3, -0.25) is 0 Å². The standard InChI is InChI=1S/C17H24ClN/c1-12(13-5-3-2-4-6-13)19-17-10-7-14-11-15(18)8-9-16(14)17/h8-9,11-13,17,19H,2-7,10H2,1H3. The Kier molecular flexibility index (Phi) is 4.14. The van der Waals surface area contributed by atoms with E-state index in [1.165, 1.54) is 56.1 Å². The van der Waals surface area contributed by atoms with Gasteiger partial charge in [0.2, 0.25) is 0 Å². The second kappa shape index (κ2) is 5.85. The van der Waals surface area contributed by atoms with Crippen LogP contribution in [0.3, 0.4) is 0 Å². The molecule has 1 saturated carbocycles. The molecular weight excluding hydrogens is 254 g/mol. The maximum atomic E-state index is 6.08. The number of hydrogen-bond donors (Lipinski definition) is 1. The van der Waals surface area contributed by atoms with Crippen LogP contribution >= 0.6 is 11.6 Å². The van der Waals surface area contributed by atoms with Crippen molar-refractivity contribution in [2.75, 3.05) is 0 Å². The van der Waals surface area contributed by atoms with Gasteiger partial charge in [0, 0.05) is 17.1 Å². The lowest BCUT2D eigenvalue weighted by atomic mass is 9.84. The van der Waals surface area contributed by atoms with E-state index in [1.54, 1.807) is 0 Å². The normalized spacial score (nSPS) is 25.3. The molecule has 0 amide bonds. The fourth-order valence-corrected chi connectivity index (χ4v) is 4.04. The highest BCUT2D eigenvalue weighted by Crippen LogP contribution is 2.35. The van der Waals surface area contributed by atoms with Crippen LogP contribution in [0.15, 0.2) is 18.2 Å². The summed E-state index contributed by atoms with van der Waals surface area (Å²) in [6.45, 7) is 2.38. The van der Waals surface area contributed by atoms with E-state index < -0.39 is 0 Å². The first-order valence-corrected chi connectivity index (χ1v) is 8.16. The Hall–Kier alpha value is -0.530. The van der Waals surface area contributed by atoms with E-state index in [0.29, 0.717) is 12.1 Å².